The molecule has 0 saturated heterocycles. The minimum absolute atomic E-state index is 0.324. The molecule has 0 amide bonds. The van der Waals surface area contributed by atoms with Crippen LogP contribution in [0.1, 0.15) is 26.7 Å². The molecule has 1 aliphatic carbocycles. The molecule has 2 heteroatoms. The van der Waals surface area contributed by atoms with Crippen LogP contribution in [0.25, 0.3) is 0 Å². The number of rotatable bonds is 2. The Bertz CT molecular complexity index is 251. The number of carbonyl (C=O) groups is 1. The predicted octanol–water partition coefficient (Wildman–Crippen LogP) is 2.62. The zero-order valence-corrected chi connectivity index (χ0v) is 8.16. The van der Waals surface area contributed by atoms with E-state index in [4.69, 9.17) is 5.11 Å². The van der Waals surface area contributed by atoms with Gasteiger partial charge in [-0.15, -0.1) is 0 Å². The van der Waals surface area contributed by atoms with E-state index in [9.17, 15) is 4.79 Å². The summed E-state index contributed by atoms with van der Waals surface area (Å²) < 4.78 is 0. The lowest BCUT2D eigenvalue weighted by Crippen LogP contribution is -2.14. The molecule has 2 unspecified atom stereocenters. The van der Waals surface area contributed by atoms with Crippen LogP contribution in [0.4, 0.5) is 0 Å². The van der Waals surface area contributed by atoms with Crippen LogP contribution in [0.5, 0.6) is 0 Å². The number of aliphatic carboxylic acids is 1. The minimum Gasteiger partial charge on any atom is -0.478 e. The maximum absolute atomic E-state index is 10.3. The number of allylic oxidation sites excluding steroid dienone is 3. The third-order valence-electron chi connectivity index (χ3n) is 2.67. The van der Waals surface area contributed by atoms with E-state index in [1.807, 2.05) is 0 Å². The van der Waals surface area contributed by atoms with Crippen LogP contribution < -0.4 is 0 Å². The molecule has 0 aromatic carbocycles. The molecule has 0 fully saturated rings. The summed E-state index contributed by atoms with van der Waals surface area (Å²) in [6.45, 7) is 4.25. The topological polar surface area (TPSA) is 37.3 Å². The molecule has 72 valence electrons. The molecule has 13 heavy (non-hydrogen) atoms. The molecule has 0 aromatic rings. The zero-order chi connectivity index (χ0) is 9.84. The fraction of sp³-hybridized carbons (Fsp3) is 0.545. The Labute approximate surface area is 79.0 Å². The van der Waals surface area contributed by atoms with Gasteiger partial charge in [-0.25, -0.2) is 4.79 Å². The molecule has 0 heterocycles. The van der Waals surface area contributed by atoms with Crippen molar-refractivity contribution in [2.75, 3.05) is 0 Å². The highest BCUT2D eigenvalue weighted by Gasteiger charge is 2.19. The molecule has 1 N–H and O–H groups in total. The van der Waals surface area contributed by atoms with Crippen LogP contribution in [0.15, 0.2) is 23.8 Å². The van der Waals surface area contributed by atoms with E-state index in [1.165, 1.54) is 11.6 Å². The predicted molar refractivity (Wildman–Crippen MR) is 52.4 cm³/mol. The molecule has 0 aromatic heterocycles. The molecule has 2 nitrogen and oxygen atoms in total. The first-order valence-electron chi connectivity index (χ1n) is 4.69. The van der Waals surface area contributed by atoms with E-state index in [0.717, 1.165) is 12.8 Å². The summed E-state index contributed by atoms with van der Waals surface area (Å²) in [5, 5.41) is 8.51. The van der Waals surface area contributed by atoms with E-state index in [2.05, 4.69) is 19.9 Å². The van der Waals surface area contributed by atoms with Crippen LogP contribution in [-0.2, 0) is 4.79 Å². The highest BCUT2D eigenvalue weighted by atomic mass is 16.4. The Balaban J connectivity index is 2.70. The fourth-order valence-electron chi connectivity index (χ4n) is 1.87. The first kappa shape index (κ1) is 10.0. The first-order valence-corrected chi connectivity index (χ1v) is 4.69. The van der Waals surface area contributed by atoms with Gasteiger partial charge in [0.1, 0.15) is 0 Å². The Morgan fingerprint density at radius 1 is 1.69 bits per heavy atom. The average Bonchev–Trinajstić information content (AvgIpc) is 2.03. The molecule has 2 atom stereocenters. The third-order valence-corrected chi connectivity index (χ3v) is 2.67. The van der Waals surface area contributed by atoms with Crippen LogP contribution in [0, 0.1) is 11.8 Å². The van der Waals surface area contributed by atoms with Crippen molar-refractivity contribution in [2.24, 2.45) is 11.8 Å². The van der Waals surface area contributed by atoms with E-state index >= 15 is 0 Å². The van der Waals surface area contributed by atoms with Crippen LogP contribution in [0.2, 0.25) is 0 Å². The second-order valence-electron chi connectivity index (χ2n) is 3.73. The second-order valence-corrected chi connectivity index (χ2v) is 3.73. The van der Waals surface area contributed by atoms with E-state index < -0.39 is 5.97 Å². The van der Waals surface area contributed by atoms with E-state index in [1.54, 1.807) is 6.08 Å². The van der Waals surface area contributed by atoms with Gasteiger partial charge in [0.05, 0.1) is 0 Å². The van der Waals surface area contributed by atoms with Crippen molar-refractivity contribution in [1.29, 1.82) is 0 Å². The van der Waals surface area contributed by atoms with Gasteiger partial charge in [-0.05, 0) is 25.7 Å². The van der Waals surface area contributed by atoms with Gasteiger partial charge in [0.25, 0.3) is 0 Å². The van der Waals surface area contributed by atoms with Crippen LogP contribution in [0.3, 0.4) is 0 Å². The number of carboxylic acid groups (broad SMARTS) is 1. The summed E-state index contributed by atoms with van der Waals surface area (Å²) in [5.74, 6) is 0.0380. The van der Waals surface area contributed by atoms with Gasteiger partial charge < -0.3 is 5.11 Å². The van der Waals surface area contributed by atoms with Gasteiger partial charge in [-0.1, -0.05) is 24.6 Å². The molecule has 0 aliphatic heterocycles. The summed E-state index contributed by atoms with van der Waals surface area (Å²) in [4.78, 5) is 10.3. The third kappa shape index (κ3) is 2.72. The van der Waals surface area contributed by atoms with Gasteiger partial charge >= 0.3 is 5.97 Å². The monoisotopic (exact) mass is 180 g/mol. The van der Waals surface area contributed by atoms with E-state index in [-0.39, 0.29) is 0 Å². The quantitative estimate of drug-likeness (QED) is 0.524. The minimum atomic E-state index is -0.856. The summed E-state index contributed by atoms with van der Waals surface area (Å²) >= 11 is 0. The van der Waals surface area contributed by atoms with Crippen molar-refractivity contribution in [3.05, 3.63) is 23.8 Å². The molecular weight excluding hydrogens is 164 g/mol. The SMILES string of the molecule is CC1=CCCC(C)C1C=CC(=O)O. The molecule has 0 spiro atoms. The summed E-state index contributed by atoms with van der Waals surface area (Å²) in [6, 6.07) is 0. The Morgan fingerprint density at radius 3 is 2.92 bits per heavy atom. The van der Waals surface area contributed by atoms with Crippen molar-refractivity contribution >= 4 is 5.97 Å². The standard InChI is InChI=1S/C11H16O2/c1-8-4-3-5-9(2)10(8)6-7-11(12)13/h4,6-7,9-10H,3,5H2,1-2H3,(H,12,13). The summed E-state index contributed by atoms with van der Waals surface area (Å²) in [6.07, 6.45) is 7.55. The molecule has 0 saturated carbocycles. The van der Waals surface area contributed by atoms with Crippen LogP contribution >= 0.6 is 0 Å². The lowest BCUT2D eigenvalue weighted by molar-refractivity contribution is -0.131. The molecule has 1 rings (SSSR count). The Kier molecular flexibility index (Phi) is 3.29. The van der Waals surface area contributed by atoms with Crippen LogP contribution in [-0.4, -0.2) is 11.1 Å². The summed E-state index contributed by atoms with van der Waals surface area (Å²) in [5.41, 5.74) is 1.30. The van der Waals surface area contributed by atoms with Crippen molar-refractivity contribution in [3.63, 3.8) is 0 Å². The van der Waals surface area contributed by atoms with Crippen molar-refractivity contribution in [1.82, 2.24) is 0 Å². The smallest absolute Gasteiger partial charge is 0.327 e. The number of hydrogen-bond acceptors (Lipinski definition) is 1. The van der Waals surface area contributed by atoms with Crippen molar-refractivity contribution < 1.29 is 9.90 Å². The van der Waals surface area contributed by atoms with E-state index in [0.29, 0.717) is 11.8 Å². The molecule has 0 bridgehead atoms. The van der Waals surface area contributed by atoms with Gasteiger partial charge in [-0.2, -0.15) is 0 Å². The fourth-order valence-corrected chi connectivity index (χ4v) is 1.87. The average molecular weight is 180 g/mol. The highest BCUT2D eigenvalue weighted by Crippen LogP contribution is 2.30. The molecule has 1 aliphatic rings. The number of hydrogen-bond donors (Lipinski definition) is 1. The summed E-state index contributed by atoms with van der Waals surface area (Å²) in [7, 11) is 0. The van der Waals surface area contributed by atoms with Gasteiger partial charge in [0, 0.05) is 12.0 Å². The van der Waals surface area contributed by atoms with Gasteiger partial charge in [-0.3, -0.25) is 0 Å². The van der Waals surface area contributed by atoms with Crippen molar-refractivity contribution in [3.8, 4) is 0 Å². The Hall–Kier alpha value is -1.05. The normalized spacial score (nSPS) is 28.9. The van der Waals surface area contributed by atoms with Gasteiger partial charge in [0.2, 0.25) is 0 Å². The Morgan fingerprint density at radius 2 is 2.38 bits per heavy atom. The maximum atomic E-state index is 10.3. The first-order chi connectivity index (χ1) is 6.11. The van der Waals surface area contributed by atoms with Gasteiger partial charge in [0.15, 0.2) is 0 Å². The maximum Gasteiger partial charge on any atom is 0.327 e. The number of carboxylic acids is 1. The zero-order valence-electron chi connectivity index (χ0n) is 8.16. The largest absolute Gasteiger partial charge is 0.478 e. The lowest BCUT2D eigenvalue weighted by atomic mass is 9.80. The molecular formula is C11H16O2. The molecule has 0 radical (unpaired) electrons. The highest BCUT2D eigenvalue weighted by molar-refractivity contribution is 5.79. The second kappa shape index (κ2) is 4.26. The lowest BCUT2D eigenvalue weighted by Gasteiger charge is -2.25. The van der Waals surface area contributed by atoms with Crippen molar-refractivity contribution in [2.45, 2.75) is 26.7 Å².